The van der Waals surface area contributed by atoms with E-state index in [9.17, 15) is 4.79 Å². The number of aromatic nitrogens is 3. The lowest BCUT2D eigenvalue weighted by Crippen LogP contribution is -2.21. The first-order valence-corrected chi connectivity index (χ1v) is 7.05. The van der Waals surface area contributed by atoms with E-state index in [4.69, 9.17) is 0 Å². The SMILES string of the molecule is CC(=O)c1ccc(Nc2cnnc(N3CCCC3)n2)cc1. The van der Waals surface area contributed by atoms with Gasteiger partial charge in [0.05, 0.1) is 6.20 Å². The maximum atomic E-state index is 11.3. The molecule has 21 heavy (non-hydrogen) atoms. The van der Waals surface area contributed by atoms with Crippen molar-refractivity contribution in [1.29, 1.82) is 0 Å². The van der Waals surface area contributed by atoms with E-state index in [0.29, 0.717) is 17.3 Å². The van der Waals surface area contributed by atoms with Gasteiger partial charge in [-0.05, 0) is 44.0 Å². The molecule has 0 spiro atoms. The second kappa shape index (κ2) is 5.87. The van der Waals surface area contributed by atoms with Gasteiger partial charge in [-0.1, -0.05) is 0 Å². The highest BCUT2D eigenvalue weighted by molar-refractivity contribution is 5.94. The lowest BCUT2D eigenvalue weighted by Gasteiger charge is -2.14. The third kappa shape index (κ3) is 3.16. The van der Waals surface area contributed by atoms with E-state index >= 15 is 0 Å². The van der Waals surface area contributed by atoms with Gasteiger partial charge in [-0.15, -0.1) is 5.10 Å². The van der Waals surface area contributed by atoms with E-state index in [2.05, 4.69) is 25.4 Å². The Morgan fingerprint density at radius 2 is 1.90 bits per heavy atom. The van der Waals surface area contributed by atoms with Crippen LogP contribution in [0, 0.1) is 0 Å². The molecule has 0 amide bonds. The smallest absolute Gasteiger partial charge is 0.247 e. The van der Waals surface area contributed by atoms with Crippen LogP contribution < -0.4 is 10.2 Å². The first-order valence-electron chi connectivity index (χ1n) is 7.05. The van der Waals surface area contributed by atoms with E-state index in [0.717, 1.165) is 18.8 Å². The molecule has 1 aliphatic heterocycles. The van der Waals surface area contributed by atoms with Crippen molar-refractivity contribution in [1.82, 2.24) is 15.2 Å². The van der Waals surface area contributed by atoms with Gasteiger partial charge in [-0.2, -0.15) is 10.1 Å². The van der Waals surface area contributed by atoms with Crippen molar-refractivity contribution in [2.75, 3.05) is 23.3 Å². The van der Waals surface area contributed by atoms with Crippen LogP contribution in [-0.4, -0.2) is 34.1 Å². The number of nitrogens with one attached hydrogen (secondary N) is 1. The largest absolute Gasteiger partial charge is 0.339 e. The second-order valence-corrected chi connectivity index (χ2v) is 5.09. The first kappa shape index (κ1) is 13.5. The molecule has 0 aliphatic carbocycles. The number of hydrogen-bond donors (Lipinski definition) is 1. The molecule has 0 saturated carbocycles. The molecule has 6 heteroatoms. The van der Waals surface area contributed by atoms with Gasteiger partial charge < -0.3 is 10.2 Å². The highest BCUT2D eigenvalue weighted by Gasteiger charge is 2.15. The Morgan fingerprint density at radius 3 is 2.57 bits per heavy atom. The third-order valence-electron chi connectivity index (χ3n) is 3.50. The van der Waals surface area contributed by atoms with Crippen LogP contribution in [0.25, 0.3) is 0 Å². The fraction of sp³-hybridized carbons (Fsp3) is 0.333. The van der Waals surface area contributed by atoms with Crippen LogP contribution in [-0.2, 0) is 0 Å². The van der Waals surface area contributed by atoms with Gasteiger partial charge in [0.15, 0.2) is 11.6 Å². The molecule has 0 unspecified atom stereocenters. The lowest BCUT2D eigenvalue weighted by atomic mass is 10.1. The van der Waals surface area contributed by atoms with Gasteiger partial charge >= 0.3 is 0 Å². The summed E-state index contributed by atoms with van der Waals surface area (Å²) in [6.45, 7) is 3.52. The highest BCUT2D eigenvalue weighted by atomic mass is 16.1. The summed E-state index contributed by atoms with van der Waals surface area (Å²) in [5.74, 6) is 1.38. The van der Waals surface area contributed by atoms with Crippen molar-refractivity contribution >= 4 is 23.2 Å². The monoisotopic (exact) mass is 283 g/mol. The van der Waals surface area contributed by atoms with Gasteiger partial charge in [0.2, 0.25) is 5.95 Å². The zero-order chi connectivity index (χ0) is 14.7. The van der Waals surface area contributed by atoms with E-state index in [1.165, 1.54) is 12.8 Å². The molecule has 0 bridgehead atoms. The van der Waals surface area contributed by atoms with Crippen LogP contribution >= 0.6 is 0 Å². The van der Waals surface area contributed by atoms with Gasteiger partial charge in [-0.25, -0.2) is 0 Å². The van der Waals surface area contributed by atoms with Crippen LogP contribution in [0.2, 0.25) is 0 Å². The predicted molar refractivity (Wildman–Crippen MR) is 81.0 cm³/mol. The van der Waals surface area contributed by atoms with Crippen molar-refractivity contribution in [2.45, 2.75) is 19.8 Å². The average Bonchev–Trinajstić information content (AvgIpc) is 3.02. The molecule has 2 aromatic rings. The number of carbonyl (C=O) groups excluding carboxylic acids is 1. The summed E-state index contributed by atoms with van der Waals surface area (Å²) < 4.78 is 0. The van der Waals surface area contributed by atoms with Gasteiger partial charge in [-0.3, -0.25) is 4.79 Å². The number of rotatable bonds is 4. The highest BCUT2D eigenvalue weighted by Crippen LogP contribution is 2.19. The van der Waals surface area contributed by atoms with Crippen molar-refractivity contribution in [3.05, 3.63) is 36.0 Å². The molecular formula is C15H17N5O. The third-order valence-corrected chi connectivity index (χ3v) is 3.50. The molecule has 1 aromatic heterocycles. The van der Waals surface area contributed by atoms with E-state index in [1.54, 1.807) is 25.3 Å². The van der Waals surface area contributed by atoms with Crippen LogP contribution in [0.5, 0.6) is 0 Å². The Hall–Kier alpha value is -2.50. The maximum Gasteiger partial charge on any atom is 0.247 e. The number of carbonyl (C=O) groups is 1. The van der Waals surface area contributed by atoms with Gasteiger partial charge in [0.1, 0.15) is 0 Å². The molecule has 1 fully saturated rings. The van der Waals surface area contributed by atoms with E-state index < -0.39 is 0 Å². The number of nitrogens with zero attached hydrogens (tertiary/aromatic N) is 4. The summed E-state index contributed by atoms with van der Waals surface area (Å²) >= 11 is 0. The molecular weight excluding hydrogens is 266 g/mol. The summed E-state index contributed by atoms with van der Waals surface area (Å²) in [4.78, 5) is 17.9. The van der Waals surface area contributed by atoms with E-state index in [1.807, 2.05) is 12.1 Å². The van der Waals surface area contributed by atoms with Crippen molar-refractivity contribution < 1.29 is 4.79 Å². The summed E-state index contributed by atoms with van der Waals surface area (Å²) in [5.41, 5.74) is 1.56. The van der Waals surface area contributed by atoms with Gasteiger partial charge in [0.25, 0.3) is 0 Å². The molecule has 1 aliphatic rings. The number of benzene rings is 1. The first-order chi connectivity index (χ1) is 10.2. The molecule has 0 radical (unpaired) electrons. The van der Waals surface area contributed by atoms with Crippen molar-refractivity contribution in [2.24, 2.45) is 0 Å². The normalized spacial score (nSPS) is 14.2. The Morgan fingerprint density at radius 1 is 1.19 bits per heavy atom. The summed E-state index contributed by atoms with van der Waals surface area (Å²) in [6.07, 6.45) is 3.94. The molecule has 1 N–H and O–H groups in total. The number of Topliss-reactive ketones (excluding diaryl/α,β-unsaturated/α-hetero) is 1. The quantitative estimate of drug-likeness (QED) is 0.869. The number of hydrogen-bond acceptors (Lipinski definition) is 6. The predicted octanol–water partition coefficient (Wildman–Crippen LogP) is 2.42. The van der Waals surface area contributed by atoms with Crippen LogP contribution in [0.4, 0.5) is 17.5 Å². The molecule has 6 nitrogen and oxygen atoms in total. The Labute approximate surface area is 123 Å². The molecule has 3 rings (SSSR count). The Bertz CT molecular complexity index is 635. The molecule has 2 heterocycles. The maximum absolute atomic E-state index is 11.3. The Kier molecular flexibility index (Phi) is 3.77. The van der Waals surface area contributed by atoms with E-state index in [-0.39, 0.29) is 5.78 Å². The van der Waals surface area contributed by atoms with Gasteiger partial charge in [0, 0.05) is 24.3 Å². The summed E-state index contributed by atoms with van der Waals surface area (Å²) in [5, 5.41) is 11.3. The van der Waals surface area contributed by atoms with Crippen molar-refractivity contribution in [3.8, 4) is 0 Å². The fourth-order valence-electron chi connectivity index (χ4n) is 2.34. The van der Waals surface area contributed by atoms with Crippen LogP contribution in [0.3, 0.4) is 0 Å². The molecule has 1 saturated heterocycles. The zero-order valence-corrected chi connectivity index (χ0v) is 11.9. The zero-order valence-electron chi connectivity index (χ0n) is 11.9. The molecule has 108 valence electrons. The van der Waals surface area contributed by atoms with Crippen LogP contribution in [0.15, 0.2) is 30.5 Å². The Balaban J connectivity index is 1.75. The fourth-order valence-corrected chi connectivity index (χ4v) is 2.34. The minimum atomic E-state index is 0.0570. The average molecular weight is 283 g/mol. The number of anilines is 3. The van der Waals surface area contributed by atoms with Crippen molar-refractivity contribution in [3.63, 3.8) is 0 Å². The second-order valence-electron chi connectivity index (χ2n) is 5.09. The number of ketones is 1. The summed E-state index contributed by atoms with van der Waals surface area (Å²) in [6, 6.07) is 7.30. The minimum Gasteiger partial charge on any atom is -0.339 e. The standard InChI is InChI=1S/C15H17N5O/c1-11(21)12-4-6-13(7-5-12)17-14-10-16-19-15(18-14)20-8-2-3-9-20/h4-7,10H,2-3,8-9H2,1H3,(H,17,18,19). The minimum absolute atomic E-state index is 0.0570. The molecule has 1 aromatic carbocycles. The van der Waals surface area contributed by atoms with Crippen LogP contribution in [0.1, 0.15) is 30.1 Å². The molecule has 0 atom stereocenters. The summed E-state index contributed by atoms with van der Waals surface area (Å²) in [7, 11) is 0. The lowest BCUT2D eigenvalue weighted by molar-refractivity contribution is 0.101. The topological polar surface area (TPSA) is 71.0 Å².